The Morgan fingerprint density at radius 1 is 1.41 bits per heavy atom. The highest BCUT2D eigenvalue weighted by Crippen LogP contribution is 2.32. The number of nitrogens with one attached hydrogen (secondary N) is 1. The lowest BCUT2D eigenvalue weighted by Gasteiger charge is -2.24. The third-order valence-electron chi connectivity index (χ3n) is 3.28. The van der Waals surface area contributed by atoms with Crippen LogP contribution in [0.3, 0.4) is 0 Å². The standard InChI is InChI=1S/C14H20N2O/c1-3-4-12(15)11-8-9(2)7-10-5-6-13(17)16-14(10)11/h7-8,12H,3-6,15H2,1-2H3,(H,16,17). The number of carbonyl (C=O) groups excluding carboxylic acids is 1. The van der Waals surface area contributed by atoms with Crippen LogP contribution < -0.4 is 11.1 Å². The fourth-order valence-electron chi connectivity index (χ4n) is 2.45. The molecule has 0 radical (unpaired) electrons. The van der Waals surface area contributed by atoms with E-state index in [2.05, 4.69) is 31.3 Å². The second-order valence-corrected chi connectivity index (χ2v) is 4.83. The van der Waals surface area contributed by atoms with Crippen LogP contribution in [0.25, 0.3) is 0 Å². The highest BCUT2D eigenvalue weighted by atomic mass is 16.1. The number of hydrogen-bond acceptors (Lipinski definition) is 2. The number of aryl methyl sites for hydroxylation is 2. The van der Waals surface area contributed by atoms with Crippen LogP contribution in [-0.2, 0) is 11.2 Å². The van der Waals surface area contributed by atoms with E-state index in [9.17, 15) is 4.79 Å². The Morgan fingerprint density at radius 3 is 2.88 bits per heavy atom. The first-order valence-corrected chi connectivity index (χ1v) is 6.30. The number of carbonyl (C=O) groups is 1. The Bertz CT molecular complexity index is 440. The zero-order valence-electron chi connectivity index (χ0n) is 10.5. The van der Waals surface area contributed by atoms with Gasteiger partial charge in [0.15, 0.2) is 0 Å². The summed E-state index contributed by atoms with van der Waals surface area (Å²) < 4.78 is 0. The molecular formula is C14H20N2O. The molecule has 1 amide bonds. The van der Waals surface area contributed by atoms with E-state index >= 15 is 0 Å². The van der Waals surface area contributed by atoms with Gasteiger partial charge in [-0.2, -0.15) is 0 Å². The SMILES string of the molecule is CCCC(N)c1cc(C)cc2c1NC(=O)CC2. The van der Waals surface area contributed by atoms with Gasteiger partial charge in [-0.25, -0.2) is 0 Å². The third kappa shape index (κ3) is 2.50. The van der Waals surface area contributed by atoms with Crippen LogP contribution in [0.4, 0.5) is 5.69 Å². The van der Waals surface area contributed by atoms with Crippen LogP contribution in [0.1, 0.15) is 48.9 Å². The molecule has 17 heavy (non-hydrogen) atoms. The van der Waals surface area contributed by atoms with E-state index < -0.39 is 0 Å². The maximum Gasteiger partial charge on any atom is 0.224 e. The molecule has 0 saturated heterocycles. The first kappa shape index (κ1) is 12.1. The molecule has 3 N–H and O–H groups in total. The van der Waals surface area contributed by atoms with Crippen molar-refractivity contribution in [3.05, 3.63) is 28.8 Å². The van der Waals surface area contributed by atoms with E-state index in [4.69, 9.17) is 5.73 Å². The van der Waals surface area contributed by atoms with E-state index in [1.807, 2.05) is 0 Å². The van der Waals surface area contributed by atoms with Gasteiger partial charge in [-0.15, -0.1) is 0 Å². The Balaban J connectivity index is 2.43. The lowest BCUT2D eigenvalue weighted by atomic mass is 9.92. The molecule has 3 nitrogen and oxygen atoms in total. The van der Waals surface area contributed by atoms with Gasteiger partial charge in [-0.3, -0.25) is 4.79 Å². The van der Waals surface area contributed by atoms with Crippen molar-refractivity contribution < 1.29 is 4.79 Å². The Hall–Kier alpha value is -1.35. The van der Waals surface area contributed by atoms with E-state index in [0.717, 1.165) is 30.5 Å². The van der Waals surface area contributed by atoms with E-state index in [1.54, 1.807) is 0 Å². The van der Waals surface area contributed by atoms with Crippen LogP contribution in [0.15, 0.2) is 12.1 Å². The molecule has 0 saturated carbocycles. The number of anilines is 1. The quantitative estimate of drug-likeness (QED) is 0.841. The van der Waals surface area contributed by atoms with Gasteiger partial charge in [-0.05, 0) is 30.9 Å². The fourth-order valence-corrected chi connectivity index (χ4v) is 2.45. The summed E-state index contributed by atoms with van der Waals surface area (Å²) in [5.41, 5.74) is 10.7. The maximum atomic E-state index is 11.5. The minimum atomic E-state index is 0.0204. The van der Waals surface area contributed by atoms with E-state index in [-0.39, 0.29) is 11.9 Å². The van der Waals surface area contributed by atoms with Gasteiger partial charge in [0.2, 0.25) is 5.91 Å². The monoisotopic (exact) mass is 232 g/mol. The largest absolute Gasteiger partial charge is 0.326 e. The zero-order chi connectivity index (χ0) is 12.4. The molecule has 92 valence electrons. The van der Waals surface area contributed by atoms with Crippen molar-refractivity contribution in [1.82, 2.24) is 0 Å². The Kier molecular flexibility index (Phi) is 3.48. The minimum Gasteiger partial charge on any atom is -0.326 e. The van der Waals surface area contributed by atoms with Crippen LogP contribution in [0.5, 0.6) is 0 Å². The van der Waals surface area contributed by atoms with Crippen LogP contribution in [-0.4, -0.2) is 5.91 Å². The predicted molar refractivity (Wildman–Crippen MR) is 70.0 cm³/mol. The summed E-state index contributed by atoms with van der Waals surface area (Å²) in [5.74, 6) is 0.103. The molecule has 0 spiro atoms. The van der Waals surface area contributed by atoms with Crippen LogP contribution in [0, 0.1) is 6.92 Å². The van der Waals surface area contributed by atoms with Crippen LogP contribution in [0.2, 0.25) is 0 Å². The highest BCUT2D eigenvalue weighted by molar-refractivity contribution is 5.95. The number of rotatable bonds is 3. The first-order valence-electron chi connectivity index (χ1n) is 6.30. The summed E-state index contributed by atoms with van der Waals surface area (Å²) in [7, 11) is 0. The average Bonchev–Trinajstić information content (AvgIpc) is 2.29. The molecule has 2 rings (SSSR count). The smallest absolute Gasteiger partial charge is 0.224 e. The summed E-state index contributed by atoms with van der Waals surface area (Å²) >= 11 is 0. The molecule has 0 fully saturated rings. The highest BCUT2D eigenvalue weighted by Gasteiger charge is 2.20. The molecule has 1 unspecified atom stereocenters. The molecule has 0 bridgehead atoms. The summed E-state index contributed by atoms with van der Waals surface area (Å²) in [6.07, 6.45) is 3.41. The molecule has 1 aromatic rings. The lowest BCUT2D eigenvalue weighted by Crippen LogP contribution is -2.23. The molecule has 0 aliphatic carbocycles. The fraction of sp³-hybridized carbons (Fsp3) is 0.500. The van der Waals surface area contributed by atoms with Crippen molar-refractivity contribution in [2.24, 2.45) is 5.73 Å². The number of hydrogen-bond donors (Lipinski definition) is 2. The van der Waals surface area contributed by atoms with Gasteiger partial charge in [0, 0.05) is 18.2 Å². The van der Waals surface area contributed by atoms with Gasteiger partial charge >= 0.3 is 0 Å². The summed E-state index contributed by atoms with van der Waals surface area (Å²) in [6, 6.07) is 4.27. The number of nitrogens with two attached hydrogens (primary N) is 1. The van der Waals surface area contributed by atoms with Gasteiger partial charge in [-0.1, -0.05) is 31.0 Å². The number of fused-ring (bicyclic) bond motifs is 1. The Labute approximate surface area is 102 Å². The molecule has 1 aliphatic heterocycles. The van der Waals surface area contributed by atoms with Gasteiger partial charge < -0.3 is 11.1 Å². The third-order valence-corrected chi connectivity index (χ3v) is 3.28. The van der Waals surface area contributed by atoms with Crippen molar-refractivity contribution in [3.63, 3.8) is 0 Å². The van der Waals surface area contributed by atoms with Crippen molar-refractivity contribution in [1.29, 1.82) is 0 Å². The van der Waals surface area contributed by atoms with E-state index in [1.165, 1.54) is 11.1 Å². The topological polar surface area (TPSA) is 55.1 Å². The summed E-state index contributed by atoms with van der Waals surface area (Å²) in [4.78, 5) is 11.5. The van der Waals surface area contributed by atoms with Crippen LogP contribution >= 0.6 is 0 Å². The molecule has 1 heterocycles. The zero-order valence-corrected chi connectivity index (χ0v) is 10.5. The predicted octanol–water partition coefficient (Wildman–Crippen LogP) is 2.68. The first-order chi connectivity index (χ1) is 8.11. The van der Waals surface area contributed by atoms with Gasteiger partial charge in [0.05, 0.1) is 0 Å². The second kappa shape index (κ2) is 4.88. The van der Waals surface area contributed by atoms with Crippen molar-refractivity contribution in [2.75, 3.05) is 5.32 Å². The maximum absolute atomic E-state index is 11.5. The van der Waals surface area contributed by atoms with Crippen molar-refractivity contribution in [3.8, 4) is 0 Å². The molecule has 1 atom stereocenters. The number of amides is 1. The van der Waals surface area contributed by atoms with Crippen molar-refractivity contribution in [2.45, 2.75) is 45.6 Å². The molecule has 3 heteroatoms. The lowest BCUT2D eigenvalue weighted by molar-refractivity contribution is -0.116. The van der Waals surface area contributed by atoms with Crippen molar-refractivity contribution >= 4 is 11.6 Å². The van der Waals surface area contributed by atoms with E-state index in [0.29, 0.717) is 6.42 Å². The van der Waals surface area contributed by atoms with Gasteiger partial charge in [0.25, 0.3) is 0 Å². The average molecular weight is 232 g/mol. The van der Waals surface area contributed by atoms with Gasteiger partial charge in [0.1, 0.15) is 0 Å². The summed E-state index contributed by atoms with van der Waals surface area (Å²) in [5, 5.41) is 2.98. The molecule has 1 aromatic carbocycles. The summed E-state index contributed by atoms with van der Waals surface area (Å²) in [6.45, 7) is 4.21. The molecule has 1 aliphatic rings. The molecule has 0 aromatic heterocycles. The Morgan fingerprint density at radius 2 is 2.18 bits per heavy atom. The minimum absolute atomic E-state index is 0.0204. The molecular weight excluding hydrogens is 212 g/mol. The normalized spacial score (nSPS) is 16.3. The second-order valence-electron chi connectivity index (χ2n) is 4.83. The number of benzene rings is 1.